The van der Waals surface area contributed by atoms with Crippen molar-refractivity contribution in [3.8, 4) is 0 Å². The summed E-state index contributed by atoms with van der Waals surface area (Å²) in [5, 5.41) is 9.74. The van der Waals surface area contributed by atoms with Crippen LogP contribution >= 0.6 is 0 Å². The average Bonchev–Trinajstić information content (AvgIpc) is 3.00. The lowest BCUT2D eigenvalue weighted by Crippen LogP contribution is -2.58. The summed E-state index contributed by atoms with van der Waals surface area (Å²) in [6, 6.07) is 0. The highest BCUT2D eigenvalue weighted by Gasteiger charge is 2.66. The van der Waals surface area contributed by atoms with Crippen LogP contribution in [0.3, 0.4) is 0 Å². The molecule has 0 aliphatic heterocycles. The lowest BCUT2D eigenvalue weighted by molar-refractivity contribution is -0.192. The van der Waals surface area contributed by atoms with Crippen molar-refractivity contribution in [3.63, 3.8) is 0 Å². The third-order valence-corrected chi connectivity index (χ3v) is 7.05. The van der Waals surface area contributed by atoms with Crippen molar-refractivity contribution in [1.29, 1.82) is 0 Å². The molecule has 0 heterocycles. The van der Waals surface area contributed by atoms with Gasteiger partial charge in [0, 0.05) is 12.7 Å². The maximum absolute atomic E-state index is 11.5. The molecule has 8 atom stereocenters. The van der Waals surface area contributed by atoms with Crippen LogP contribution in [0.4, 0.5) is 0 Å². The summed E-state index contributed by atoms with van der Waals surface area (Å²) in [5.74, 6) is 3.85. The first-order chi connectivity index (χ1) is 9.57. The van der Waals surface area contributed by atoms with E-state index in [-0.39, 0.29) is 17.5 Å². The Bertz CT molecular complexity index is 459. The van der Waals surface area contributed by atoms with E-state index in [1.165, 1.54) is 31.8 Å². The van der Waals surface area contributed by atoms with Crippen molar-refractivity contribution in [2.24, 2.45) is 40.9 Å². The number of carbonyl (C=O) groups is 1. The summed E-state index contributed by atoms with van der Waals surface area (Å²) >= 11 is 0. The summed E-state index contributed by atoms with van der Waals surface area (Å²) < 4.78 is 5.59. The van der Waals surface area contributed by atoms with Gasteiger partial charge < -0.3 is 9.84 Å². The van der Waals surface area contributed by atoms with E-state index in [4.69, 9.17) is 4.74 Å². The quantitative estimate of drug-likeness (QED) is 0.636. The second-order valence-corrected chi connectivity index (χ2v) is 7.86. The van der Waals surface area contributed by atoms with Crippen LogP contribution in [0.2, 0.25) is 0 Å². The first-order valence-corrected chi connectivity index (χ1v) is 8.01. The molecule has 0 aromatic rings. The predicted molar refractivity (Wildman–Crippen MR) is 74.7 cm³/mol. The smallest absolute Gasteiger partial charge is 0.330 e. The average molecular weight is 276 g/mol. The van der Waals surface area contributed by atoms with Gasteiger partial charge in [-0.2, -0.15) is 0 Å². The molecule has 0 aromatic carbocycles. The minimum atomic E-state index is -0.258. The SMILES string of the molecule is C=CC(=O)OC1C2CC1C1C3CC(C1C2)C(C)(CO)C3. The van der Waals surface area contributed by atoms with E-state index >= 15 is 0 Å². The molecule has 3 nitrogen and oxygen atoms in total. The van der Waals surface area contributed by atoms with Gasteiger partial charge in [-0.05, 0) is 66.6 Å². The van der Waals surface area contributed by atoms with Crippen molar-refractivity contribution in [3.05, 3.63) is 12.7 Å². The van der Waals surface area contributed by atoms with Crippen molar-refractivity contribution in [2.75, 3.05) is 6.61 Å². The molecule has 5 rings (SSSR count). The Morgan fingerprint density at radius 2 is 2.10 bits per heavy atom. The van der Waals surface area contributed by atoms with Crippen LogP contribution in [-0.2, 0) is 9.53 Å². The molecule has 0 aromatic heterocycles. The van der Waals surface area contributed by atoms with E-state index in [0.29, 0.717) is 24.4 Å². The summed E-state index contributed by atoms with van der Waals surface area (Å²) in [5.41, 5.74) is 0.156. The van der Waals surface area contributed by atoms with Gasteiger partial charge in [0.05, 0.1) is 0 Å². The van der Waals surface area contributed by atoms with Gasteiger partial charge in [0.2, 0.25) is 0 Å². The molecule has 20 heavy (non-hydrogen) atoms. The third kappa shape index (κ3) is 1.47. The van der Waals surface area contributed by atoms with Crippen LogP contribution in [0.1, 0.15) is 32.6 Å². The van der Waals surface area contributed by atoms with Crippen molar-refractivity contribution >= 4 is 5.97 Å². The van der Waals surface area contributed by atoms with Crippen LogP contribution in [0.5, 0.6) is 0 Å². The zero-order valence-corrected chi connectivity index (χ0v) is 12.1. The van der Waals surface area contributed by atoms with Gasteiger partial charge in [0.15, 0.2) is 0 Å². The van der Waals surface area contributed by atoms with E-state index in [1.54, 1.807) is 0 Å². The molecule has 3 heteroatoms. The Morgan fingerprint density at radius 1 is 1.35 bits per heavy atom. The van der Waals surface area contributed by atoms with Crippen LogP contribution in [-0.4, -0.2) is 23.8 Å². The number of esters is 1. The van der Waals surface area contributed by atoms with E-state index in [0.717, 1.165) is 17.8 Å². The van der Waals surface area contributed by atoms with Crippen LogP contribution in [0.15, 0.2) is 12.7 Å². The van der Waals surface area contributed by atoms with Crippen molar-refractivity contribution in [1.82, 2.24) is 0 Å². The minimum absolute atomic E-state index is 0.154. The second kappa shape index (κ2) is 4.09. The maximum Gasteiger partial charge on any atom is 0.330 e. The molecule has 4 bridgehead atoms. The normalized spacial score (nSPS) is 55.0. The molecule has 110 valence electrons. The largest absolute Gasteiger partial charge is 0.459 e. The Balaban J connectivity index is 1.53. The van der Waals surface area contributed by atoms with E-state index in [9.17, 15) is 9.90 Å². The topological polar surface area (TPSA) is 46.5 Å². The summed E-state index contributed by atoms with van der Waals surface area (Å²) in [7, 11) is 0. The van der Waals surface area contributed by atoms with E-state index in [1.807, 2.05) is 0 Å². The van der Waals surface area contributed by atoms with Crippen molar-refractivity contribution < 1.29 is 14.6 Å². The molecule has 0 saturated heterocycles. The maximum atomic E-state index is 11.5. The van der Waals surface area contributed by atoms with Crippen molar-refractivity contribution in [2.45, 2.75) is 38.7 Å². The minimum Gasteiger partial charge on any atom is -0.459 e. The Morgan fingerprint density at radius 3 is 2.80 bits per heavy atom. The van der Waals surface area contributed by atoms with E-state index < -0.39 is 0 Å². The van der Waals surface area contributed by atoms with Gasteiger partial charge in [0.1, 0.15) is 6.10 Å². The fourth-order valence-electron chi connectivity index (χ4n) is 6.31. The Kier molecular flexibility index (Phi) is 2.64. The Labute approximate surface area is 120 Å². The molecule has 0 radical (unpaired) electrons. The summed E-state index contributed by atoms with van der Waals surface area (Å²) in [6.07, 6.45) is 6.34. The predicted octanol–water partition coefficient (Wildman–Crippen LogP) is 2.39. The molecule has 0 amide bonds. The van der Waals surface area contributed by atoms with Gasteiger partial charge >= 0.3 is 5.97 Å². The number of rotatable bonds is 3. The molecule has 8 unspecified atom stereocenters. The number of carbonyl (C=O) groups excluding carboxylic acids is 1. The molecule has 0 spiro atoms. The van der Waals surface area contributed by atoms with Gasteiger partial charge in [-0.3, -0.25) is 0 Å². The molecule has 5 fully saturated rings. The number of aliphatic hydroxyl groups excluding tert-OH is 1. The summed E-state index contributed by atoms with van der Waals surface area (Å²) in [4.78, 5) is 11.5. The first kappa shape index (κ1) is 12.9. The fraction of sp³-hybridized carbons (Fsp3) is 0.824. The van der Waals surface area contributed by atoms with Gasteiger partial charge in [-0.25, -0.2) is 4.79 Å². The monoisotopic (exact) mass is 276 g/mol. The van der Waals surface area contributed by atoms with Gasteiger partial charge in [-0.1, -0.05) is 13.5 Å². The van der Waals surface area contributed by atoms with Crippen LogP contribution in [0, 0.1) is 40.9 Å². The third-order valence-electron chi connectivity index (χ3n) is 7.05. The van der Waals surface area contributed by atoms with E-state index in [2.05, 4.69) is 13.5 Å². The molecular formula is C17H24O3. The number of aliphatic hydroxyl groups is 1. The summed E-state index contributed by atoms with van der Waals surface area (Å²) in [6.45, 7) is 6.10. The lowest BCUT2D eigenvalue weighted by Gasteiger charge is -2.59. The highest BCUT2D eigenvalue weighted by Crippen LogP contribution is 2.70. The molecule has 5 aliphatic rings. The number of hydrogen-bond donors (Lipinski definition) is 1. The fourth-order valence-corrected chi connectivity index (χ4v) is 6.31. The lowest BCUT2D eigenvalue weighted by atomic mass is 9.48. The second-order valence-electron chi connectivity index (χ2n) is 7.86. The zero-order chi connectivity index (χ0) is 14.1. The number of hydrogen-bond acceptors (Lipinski definition) is 3. The highest BCUT2D eigenvalue weighted by molar-refractivity contribution is 5.81. The number of ether oxygens (including phenoxy) is 1. The zero-order valence-electron chi connectivity index (χ0n) is 12.1. The number of fused-ring (bicyclic) bond motifs is 2. The molecule has 5 aliphatic carbocycles. The van der Waals surface area contributed by atoms with Crippen LogP contribution < -0.4 is 0 Å². The Hall–Kier alpha value is -0.830. The molecular weight excluding hydrogens is 252 g/mol. The highest BCUT2D eigenvalue weighted by atomic mass is 16.5. The first-order valence-electron chi connectivity index (χ1n) is 8.01. The van der Waals surface area contributed by atoms with Crippen LogP contribution in [0.25, 0.3) is 0 Å². The molecule has 5 saturated carbocycles. The van der Waals surface area contributed by atoms with Gasteiger partial charge in [-0.15, -0.1) is 0 Å². The van der Waals surface area contributed by atoms with Gasteiger partial charge in [0.25, 0.3) is 0 Å². The standard InChI is InChI=1S/C17H24O3/c1-3-14(19)20-16-9-4-11-13-6-10(7-17(13,2)8-18)15(11)12(16)5-9/h3,9-13,15-16,18H,1,4-8H2,2H3. The molecule has 1 N–H and O–H groups in total.